The predicted octanol–water partition coefficient (Wildman–Crippen LogP) is 4.38. The average Bonchev–Trinajstić information content (AvgIpc) is 3.05. The van der Waals surface area contributed by atoms with Gasteiger partial charge in [0.2, 0.25) is 5.91 Å². The summed E-state index contributed by atoms with van der Waals surface area (Å²) in [7, 11) is 0. The lowest BCUT2D eigenvalue weighted by Crippen LogP contribution is -2.10. The molecule has 0 aliphatic rings. The molecular weight excluding hydrogens is 306 g/mol. The van der Waals surface area contributed by atoms with Gasteiger partial charge in [-0.15, -0.1) is 11.3 Å². The Bertz CT molecular complexity index is 861. The lowest BCUT2D eigenvalue weighted by Gasteiger charge is -2.05. The molecule has 0 radical (unpaired) electrons. The third kappa shape index (κ3) is 3.07. The number of hydrogen-bond donors (Lipinski definition) is 1. The van der Waals surface area contributed by atoms with Crippen LogP contribution in [0.25, 0.3) is 21.6 Å². The van der Waals surface area contributed by atoms with Crippen LogP contribution in [0.1, 0.15) is 27.6 Å². The van der Waals surface area contributed by atoms with Gasteiger partial charge in [0.05, 0.1) is 5.56 Å². The lowest BCUT2D eigenvalue weighted by atomic mass is 10.0. The maximum absolute atomic E-state index is 11.4. The number of primary amides is 1. The van der Waals surface area contributed by atoms with E-state index in [4.69, 9.17) is 5.73 Å². The smallest absolute Gasteiger partial charge is 0.250 e. The first kappa shape index (κ1) is 15.2. The highest BCUT2D eigenvalue weighted by Gasteiger charge is 2.11. The molecule has 0 saturated heterocycles. The Hall–Kier alpha value is -2.72. The molecule has 3 rings (SSSR count). The van der Waals surface area contributed by atoms with Crippen LogP contribution in [0.3, 0.4) is 0 Å². The van der Waals surface area contributed by atoms with Gasteiger partial charge < -0.3 is 5.73 Å². The fourth-order valence-electron chi connectivity index (χ4n) is 2.44. The van der Waals surface area contributed by atoms with E-state index in [9.17, 15) is 9.59 Å². The summed E-state index contributed by atoms with van der Waals surface area (Å²) in [5.41, 5.74) is 9.72. The van der Waals surface area contributed by atoms with Gasteiger partial charge in [0, 0.05) is 10.4 Å². The third-order valence-corrected chi connectivity index (χ3v) is 4.67. The largest absolute Gasteiger partial charge is 0.366 e. The van der Waals surface area contributed by atoms with Gasteiger partial charge in [-0.25, -0.2) is 0 Å². The first-order chi connectivity index (χ1) is 11.1. The maximum atomic E-state index is 11.4. The average molecular weight is 321 g/mol. The van der Waals surface area contributed by atoms with Crippen LogP contribution < -0.4 is 5.73 Å². The lowest BCUT2D eigenvalue weighted by molar-refractivity contribution is 0.0997. The quantitative estimate of drug-likeness (QED) is 0.725. The van der Waals surface area contributed by atoms with Crippen molar-refractivity contribution < 1.29 is 9.59 Å². The van der Waals surface area contributed by atoms with E-state index in [1.54, 1.807) is 13.0 Å². The van der Waals surface area contributed by atoms with Crippen molar-refractivity contribution in [2.75, 3.05) is 0 Å². The maximum Gasteiger partial charge on any atom is 0.250 e. The van der Waals surface area contributed by atoms with Crippen LogP contribution in [0.2, 0.25) is 0 Å². The second-order valence-corrected chi connectivity index (χ2v) is 6.15. The molecule has 1 aromatic heterocycles. The van der Waals surface area contributed by atoms with Gasteiger partial charge in [-0.05, 0) is 35.1 Å². The van der Waals surface area contributed by atoms with E-state index in [-0.39, 0.29) is 5.78 Å². The number of benzene rings is 2. The van der Waals surface area contributed by atoms with Gasteiger partial charge in [0.15, 0.2) is 5.78 Å². The molecule has 0 bridgehead atoms. The number of carbonyl (C=O) groups is 2. The van der Waals surface area contributed by atoms with Crippen molar-refractivity contribution in [1.29, 1.82) is 0 Å². The van der Waals surface area contributed by atoms with Crippen LogP contribution in [-0.4, -0.2) is 11.7 Å². The van der Waals surface area contributed by atoms with Crippen molar-refractivity contribution in [1.82, 2.24) is 0 Å². The summed E-state index contributed by atoms with van der Waals surface area (Å²) in [5, 5.41) is 1.86. The molecule has 1 amide bonds. The minimum Gasteiger partial charge on any atom is -0.366 e. The van der Waals surface area contributed by atoms with Crippen LogP contribution in [0, 0.1) is 0 Å². The van der Waals surface area contributed by atoms with Crippen LogP contribution >= 0.6 is 11.3 Å². The molecule has 4 heteroatoms. The highest BCUT2D eigenvalue weighted by atomic mass is 32.1. The van der Waals surface area contributed by atoms with Gasteiger partial charge in [0.1, 0.15) is 0 Å². The Labute approximate surface area is 138 Å². The molecule has 3 nitrogen and oxygen atoms in total. The van der Waals surface area contributed by atoms with Gasteiger partial charge in [-0.1, -0.05) is 48.5 Å². The molecule has 0 saturated carbocycles. The molecule has 0 atom stereocenters. The number of thiophene rings is 1. The number of hydrogen-bond acceptors (Lipinski definition) is 3. The molecule has 2 aromatic carbocycles. The first-order valence-electron chi connectivity index (χ1n) is 7.15. The van der Waals surface area contributed by atoms with E-state index >= 15 is 0 Å². The monoisotopic (exact) mass is 321 g/mol. The fraction of sp³-hybridized carbons (Fsp3) is 0.0526. The van der Waals surface area contributed by atoms with Gasteiger partial charge in [-0.2, -0.15) is 0 Å². The highest BCUT2D eigenvalue weighted by molar-refractivity contribution is 7.14. The van der Waals surface area contributed by atoms with E-state index < -0.39 is 5.91 Å². The number of ketones is 1. The van der Waals surface area contributed by atoms with Gasteiger partial charge in [0.25, 0.3) is 0 Å². The molecule has 114 valence electrons. The third-order valence-electron chi connectivity index (χ3n) is 3.70. The van der Waals surface area contributed by atoms with Crippen molar-refractivity contribution in [2.45, 2.75) is 6.92 Å². The SMILES string of the molecule is CC(=O)c1ccc(-c2ccc(-c3sccc3C(N)=O)cc2)cc1. The predicted molar refractivity (Wildman–Crippen MR) is 93.7 cm³/mol. The van der Waals surface area contributed by atoms with Crippen molar-refractivity contribution in [2.24, 2.45) is 5.73 Å². The summed E-state index contributed by atoms with van der Waals surface area (Å²) in [6.45, 7) is 1.56. The molecule has 1 heterocycles. The van der Waals surface area contributed by atoms with Crippen LogP contribution in [0.15, 0.2) is 60.0 Å². The van der Waals surface area contributed by atoms with Gasteiger partial charge in [-0.3, -0.25) is 9.59 Å². The van der Waals surface area contributed by atoms with E-state index in [2.05, 4.69) is 0 Å². The molecular formula is C19H15NO2S. The Morgan fingerprint density at radius 3 is 1.87 bits per heavy atom. The van der Waals surface area contributed by atoms with Crippen molar-refractivity contribution in [3.8, 4) is 21.6 Å². The van der Waals surface area contributed by atoms with E-state index in [1.165, 1.54) is 11.3 Å². The Balaban J connectivity index is 1.91. The minimum absolute atomic E-state index is 0.0589. The summed E-state index contributed by atoms with van der Waals surface area (Å²) >= 11 is 1.50. The van der Waals surface area contributed by atoms with E-state index in [1.807, 2.05) is 53.9 Å². The number of Topliss-reactive ketones (excluding diaryl/α,β-unsaturated/α-hetero) is 1. The number of nitrogens with two attached hydrogens (primary N) is 1. The van der Waals surface area contributed by atoms with E-state index in [0.717, 1.165) is 21.6 Å². The van der Waals surface area contributed by atoms with E-state index in [0.29, 0.717) is 11.1 Å². The standard InChI is InChI=1S/C19H15NO2S/c1-12(21)13-2-4-14(5-3-13)15-6-8-16(9-7-15)18-17(19(20)22)10-11-23-18/h2-11H,1H3,(H2,20,22). The summed E-state index contributed by atoms with van der Waals surface area (Å²) in [4.78, 5) is 23.6. The van der Waals surface area contributed by atoms with Crippen molar-refractivity contribution in [3.05, 3.63) is 71.1 Å². The summed E-state index contributed by atoms with van der Waals surface area (Å²) in [6, 6.07) is 17.2. The Morgan fingerprint density at radius 2 is 1.35 bits per heavy atom. The molecule has 2 N–H and O–H groups in total. The first-order valence-corrected chi connectivity index (χ1v) is 8.03. The summed E-state index contributed by atoms with van der Waals surface area (Å²) < 4.78 is 0. The van der Waals surface area contributed by atoms with Crippen LogP contribution in [0.4, 0.5) is 0 Å². The van der Waals surface area contributed by atoms with Gasteiger partial charge >= 0.3 is 0 Å². The fourth-order valence-corrected chi connectivity index (χ4v) is 3.35. The molecule has 0 aliphatic heterocycles. The molecule has 0 fully saturated rings. The number of carbonyl (C=O) groups excluding carboxylic acids is 2. The molecule has 0 unspecified atom stereocenters. The summed E-state index contributed by atoms with van der Waals surface area (Å²) in [6.07, 6.45) is 0. The molecule has 23 heavy (non-hydrogen) atoms. The summed E-state index contributed by atoms with van der Waals surface area (Å²) in [5.74, 6) is -0.353. The second kappa shape index (κ2) is 6.18. The highest BCUT2D eigenvalue weighted by Crippen LogP contribution is 2.31. The zero-order valence-electron chi connectivity index (χ0n) is 12.6. The number of rotatable bonds is 4. The van der Waals surface area contributed by atoms with Crippen molar-refractivity contribution >= 4 is 23.0 Å². The number of amides is 1. The minimum atomic E-state index is -0.412. The zero-order chi connectivity index (χ0) is 16.4. The van der Waals surface area contributed by atoms with Crippen LogP contribution in [-0.2, 0) is 0 Å². The zero-order valence-corrected chi connectivity index (χ0v) is 13.4. The Kier molecular flexibility index (Phi) is 4.08. The Morgan fingerprint density at radius 1 is 0.826 bits per heavy atom. The van der Waals surface area contributed by atoms with Crippen LogP contribution in [0.5, 0.6) is 0 Å². The normalized spacial score (nSPS) is 10.5. The molecule has 0 spiro atoms. The van der Waals surface area contributed by atoms with Crippen molar-refractivity contribution in [3.63, 3.8) is 0 Å². The molecule has 3 aromatic rings. The second-order valence-electron chi connectivity index (χ2n) is 5.24. The topological polar surface area (TPSA) is 60.2 Å². The molecule has 0 aliphatic carbocycles.